The van der Waals surface area contributed by atoms with E-state index in [1.807, 2.05) is 17.1 Å². The van der Waals surface area contributed by atoms with E-state index in [9.17, 15) is 0 Å². The van der Waals surface area contributed by atoms with Crippen LogP contribution in [0.15, 0.2) is 25.3 Å². The van der Waals surface area contributed by atoms with Gasteiger partial charge in [0.25, 0.3) is 0 Å². The Hall–Kier alpha value is -1.05. The highest BCUT2D eigenvalue weighted by atomic mass is 15.0. The molecule has 0 radical (unpaired) electrons. The van der Waals surface area contributed by atoms with Gasteiger partial charge in [0.05, 0.1) is 6.33 Å². The molecule has 0 bridgehead atoms. The van der Waals surface area contributed by atoms with Crippen molar-refractivity contribution in [1.82, 2.24) is 9.55 Å². The quantitative estimate of drug-likeness (QED) is 0.611. The number of allylic oxidation sites excluding steroid dienone is 1. The standard InChI is InChI=1S/C11H18N2/c1-3-4-5-6-7-11(2)13-9-8-12-10-13/h8-10H,2-7H2,1H3. The first-order chi connectivity index (χ1) is 6.34. The van der Waals surface area contributed by atoms with Gasteiger partial charge < -0.3 is 4.57 Å². The molecule has 1 heterocycles. The SMILES string of the molecule is C=C(CCCCCC)n1ccnc1. The molecule has 0 unspecified atom stereocenters. The zero-order valence-corrected chi connectivity index (χ0v) is 8.37. The molecule has 0 aliphatic rings. The molecule has 0 N–H and O–H groups in total. The summed E-state index contributed by atoms with van der Waals surface area (Å²) in [6, 6.07) is 0. The number of aromatic nitrogens is 2. The van der Waals surface area contributed by atoms with Gasteiger partial charge in [-0.3, -0.25) is 0 Å². The Labute approximate surface area is 80.3 Å². The molecule has 0 aromatic carbocycles. The van der Waals surface area contributed by atoms with Crippen LogP contribution in [0.5, 0.6) is 0 Å². The third-order valence-electron chi connectivity index (χ3n) is 2.19. The molecule has 0 fully saturated rings. The van der Waals surface area contributed by atoms with Crippen molar-refractivity contribution in [1.29, 1.82) is 0 Å². The van der Waals surface area contributed by atoms with Crippen molar-refractivity contribution in [2.45, 2.75) is 39.0 Å². The monoisotopic (exact) mass is 178 g/mol. The Bertz CT molecular complexity index is 237. The van der Waals surface area contributed by atoms with E-state index in [1.54, 1.807) is 6.20 Å². The molecule has 0 atom stereocenters. The fourth-order valence-electron chi connectivity index (χ4n) is 1.33. The molecule has 2 heteroatoms. The van der Waals surface area contributed by atoms with Gasteiger partial charge in [0.1, 0.15) is 0 Å². The van der Waals surface area contributed by atoms with Crippen LogP contribution >= 0.6 is 0 Å². The van der Waals surface area contributed by atoms with E-state index in [2.05, 4.69) is 18.5 Å². The highest BCUT2D eigenvalue weighted by molar-refractivity contribution is 5.40. The number of nitrogens with zero attached hydrogens (tertiary/aromatic N) is 2. The molecule has 2 nitrogen and oxygen atoms in total. The zero-order valence-electron chi connectivity index (χ0n) is 8.37. The summed E-state index contributed by atoms with van der Waals surface area (Å²) in [6.45, 7) is 6.24. The summed E-state index contributed by atoms with van der Waals surface area (Å²) in [6.07, 6.45) is 11.8. The van der Waals surface area contributed by atoms with Gasteiger partial charge in [-0.05, 0) is 12.8 Å². The van der Waals surface area contributed by atoms with E-state index in [1.165, 1.54) is 25.7 Å². The lowest BCUT2D eigenvalue weighted by Gasteiger charge is -2.05. The molecule has 0 aliphatic heterocycles. The molecular formula is C11H18N2. The number of unbranched alkanes of at least 4 members (excludes halogenated alkanes) is 3. The van der Waals surface area contributed by atoms with Crippen LogP contribution in [0.3, 0.4) is 0 Å². The average molecular weight is 178 g/mol. The van der Waals surface area contributed by atoms with Crippen LogP contribution < -0.4 is 0 Å². The van der Waals surface area contributed by atoms with Gasteiger partial charge in [-0.1, -0.05) is 32.8 Å². The Morgan fingerprint density at radius 3 is 2.85 bits per heavy atom. The second-order valence-electron chi connectivity index (χ2n) is 3.35. The number of rotatable bonds is 6. The Balaban J connectivity index is 2.19. The maximum atomic E-state index is 4.02. The minimum Gasteiger partial charge on any atom is -0.311 e. The third-order valence-corrected chi connectivity index (χ3v) is 2.19. The minimum atomic E-state index is 1.08. The van der Waals surface area contributed by atoms with E-state index in [-0.39, 0.29) is 0 Å². The topological polar surface area (TPSA) is 17.8 Å². The number of hydrogen-bond acceptors (Lipinski definition) is 1. The van der Waals surface area contributed by atoms with E-state index < -0.39 is 0 Å². The fraction of sp³-hybridized carbons (Fsp3) is 0.545. The van der Waals surface area contributed by atoms with Gasteiger partial charge in [0, 0.05) is 18.1 Å². The van der Waals surface area contributed by atoms with Crippen molar-refractivity contribution in [3.8, 4) is 0 Å². The van der Waals surface area contributed by atoms with E-state index >= 15 is 0 Å². The lowest BCUT2D eigenvalue weighted by Crippen LogP contribution is -1.91. The first-order valence-corrected chi connectivity index (χ1v) is 5.00. The number of hydrogen-bond donors (Lipinski definition) is 0. The van der Waals surface area contributed by atoms with Gasteiger partial charge in [0.2, 0.25) is 0 Å². The van der Waals surface area contributed by atoms with Gasteiger partial charge in [0.15, 0.2) is 0 Å². The molecule has 13 heavy (non-hydrogen) atoms. The summed E-state index contributed by atoms with van der Waals surface area (Å²) in [5.74, 6) is 0. The summed E-state index contributed by atoms with van der Waals surface area (Å²) < 4.78 is 1.99. The lowest BCUT2D eigenvalue weighted by atomic mass is 10.1. The highest BCUT2D eigenvalue weighted by Crippen LogP contribution is 2.12. The molecule has 0 aliphatic carbocycles. The lowest BCUT2D eigenvalue weighted by molar-refractivity contribution is 0.671. The highest BCUT2D eigenvalue weighted by Gasteiger charge is 1.95. The predicted octanol–water partition coefficient (Wildman–Crippen LogP) is 3.32. The van der Waals surface area contributed by atoms with Crippen molar-refractivity contribution >= 4 is 5.70 Å². The van der Waals surface area contributed by atoms with Crippen LogP contribution in [0.4, 0.5) is 0 Å². The van der Waals surface area contributed by atoms with Crippen molar-refractivity contribution in [3.63, 3.8) is 0 Å². The second kappa shape index (κ2) is 5.57. The van der Waals surface area contributed by atoms with Crippen LogP contribution in [0, 0.1) is 0 Å². The van der Waals surface area contributed by atoms with E-state index in [4.69, 9.17) is 0 Å². The van der Waals surface area contributed by atoms with Crippen LogP contribution in [-0.4, -0.2) is 9.55 Å². The van der Waals surface area contributed by atoms with Gasteiger partial charge >= 0.3 is 0 Å². The molecular weight excluding hydrogens is 160 g/mol. The normalized spacial score (nSPS) is 10.2. The third kappa shape index (κ3) is 3.45. The molecule has 72 valence electrons. The second-order valence-corrected chi connectivity index (χ2v) is 3.35. The summed E-state index contributed by atoms with van der Waals surface area (Å²) in [4.78, 5) is 3.99. The fourth-order valence-corrected chi connectivity index (χ4v) is 1.33. The Kier molecular flexibility index (Phi) is 4.30. The van der Waals surface area contributed by atoms with E-state index in [0.717, 1.165) is 12.1 Å². The summed E-state index contributed by atoms with van der Waals surface area (Å²) in [5, 5.41) is 0. The van der Waals surface area contributed by atoms with Gasteiger partial charge in [-0.15, -0.1) is 0 Å². The molecule has 0 amide bonds. The zero-order chi connectivity index (χ0) is 9.52. The Morgan fingerprint density at radius 1 is 1.38 bits per heavy atom. The van der Waals surface area contributed by atoms with Crippen LogP contribution in [0.2, 0.25) is 0 Å². The predicted molar refractivity (Wildman–Crippen MR) is 56.3 cm³/mol. The van der Waals surface area contributed by atoms with E-state index in [0.29, 0.717) is 0 Å². The van der Waals surface area contributed by atoms with Crippen LogP contribution in [0.25, 0.3) is 5.70 Å². The van der Waals surface area contributed by atoms with Gasteiger partial charge in [-0.2, -0.15) is 0 Å². The van der Waals surface area contributed by atoms with Gasteiger partial charge in [-0.25, -0.2) is 4.98 Å². The molecule has 0 saturated heterocycles. The van der Waals surface area contributed by atoms with Crippen molar-refractivity contribution in [2.24, 2.45) is 0 Å². The maximum absolute atomic E-state index is 4.02. The van der Waals surface area contributed by atoms with Crippen molar-refractivity contribution < 1.29 is 0 Å². The average Bonchev–Trinajstić information content (AvgIpc) is 2.65. The molecule has 1 aromatic heterocycles. The first kappa shape index (κ1) is 10.0. The van der Waals surface area contributed by atoms with Crippen molar-refractivity contribution in [3.05, 3.63) is 25.3 Å². The van der Waals surface area contributed by atoms with Crippen LogP contribution in [-0.2, 0) is 0 Å². The number of imidazole rings is 1. The first-order valence-electron chi connectivity index (χ1n) is 5.00. The summed E-state index contributed by atoms with van der Waals surface area (Å²) >= 11 is 0. The minimum absolute atomic E-state index is 1.08. The Morgan fingerprint density at radius 2 is 2.23 bits per heavy atom. The largest absolute Gasteiger partial charge is 0.311 e. The maximum Gasteiger partial charge on any atom is 0.0988 e. The molecule has 0 saturated carbocycles. The smallest absolute Gasteiger partial charge is 0.0988 e. The molecule has 0 spiro atoms. The molecule has 1 rings (SSSR count). The molecule has 1 aromatic rings. The summed E-state index contributed by atoms with van der Waals surface area (Å²) in [5.41, 5.74) is 1.15. The summed E-state index contributed by atoms with van der Waals surface area (Å²) in [7, 11) is 0. The van der Waals surface area contributed by atoms with Crippen molar-refractivity contribution in [2.75, 3.05) is 0 Å². The van der Waals surface area contributed by atoms with Crippen LogP contribution in [0.1, 0.15) is 39.0 Å².